The number of hydrogen-bond donors (Lipinski definition) is 0. The molecule has 2 aliphatic heterocycles. The predicted octanol–water partition coefficient (Wildman–Crippen LogP) is 3.04. The lowest BCUT2D eigenvalue weighted by Gasteiger charge is -2.41. The van der Waals surface area contributed by atoms with Crippen molar-refractivity contribution >= 4 is 16.7 Å². The molecule has 0 radical (unpaired) electrons. The summed E-state index contributed by atoms with van der Waals surface area (Å²) in [5.74, 6) is 1.19. The maximum Gasteiger partial charge on any atom is 0.239 e. The second kappa shape index (κ2) is 6.10. The minimum atomic E-state index is -0.0666. The van der Waals surface area contributed by atoms with Gasteiger partial charge in [0, 0.05) is 31.2 Å². The van der Waals surface area contributed by atoms with Crippen molar-refractivity contribution in [3.63, 3.8) is 0 Å². The van der Waals surface area contributed by atoms with Crippen molar-refractivity contribution in [2.75, 3.05) is 20.2 Å². The molecule has 2 atom stereocenters. The third kappa shape index (κ3) is 2.46. The zero-order valence-electron chi connectivity index (χ0n) is 14.4. The first-order valence-electron chi connectivity index (χ1n) is 8.78. The van der Waals surface area contributed by atoms with Crippen molar-refractivity contribution in [2.45, 2.75) is 38.4 Å². The first kappa shape index (κ1) is 15.5. The van der Waals surface area contributed by atoms with Crippen LogP contribution in [0.4, 0.5) is 0 Å². The third-order valence-electron chi connectivity index (χ3n) is 5.59. The van der Waals surface area contributed by atoms with E-state index in [0.717, 1.165) is 38.2 Å². The van der Waals surface area contributed by atoms with Crippen LogP contribution in [0.1, 0.15) is 25.3 Å². The van der Waals surface area contributed by atoms with E-state index in [0.29, 0.717) is 6.04 Å². The van der Waals surface area contributed by atoms with E-state index in [1.807, 2.05) is 13.0 Å². The van der Waals surface area contributed by atoms with Crippen LogP contribution in [-0.4, -0.2) is 48.0 Å². The van der Waals surface area contributed by atoms with E-state index in [1.165, 1.54) is 16.3 Å². The van der Waals surface area contributed by atoms with Crippen molar-refractivity contribution in [1.82, 2.24) is 9.80 Å². The quantitative estimate of drug-likeness (QED) is 0.870. The smallest absolute Gasteiger partial charge is 0.239 e. The summed E-state index contributed by atoms with van der Waals surface area (Å²) in [6.45, 7) is 4.68. The van der Waals surface area contributed by atoms with Gasteiger partial charge in [-0.05, 0) is 36.6 Å². The van der Waals surface area contributed by atoms with Crippen LogP contribution < -0.4 is 4.74 Å². The van der Waals surface area contributed by atoms with Crippen LogP contribution in [0.5, 0.6) is 5.75 Å². The highest BCUT2D eigenvalue weighted by molar-refractivity contribution is 5.88. The Morgan fingerprint density at radius 3 is 2.88 bits per heavy atom. The summed E-state index contributed by atoms with van der Waals surface area (Å²) in [6.07, 6.45) is 2.26. The van der Waals surface area contributed by atoms with Crippen LogP contribution >= 0.6 is 0 Å². The fourth-order valence-corrected chi connectivity index (χ4v) is 4.22. The fraction of sp³-hybridized carbons (Fsp3) is 0.450. The molecule has 126 valence electrons. The summed E-state index contributed by atoms with van der Waals surface area (Å²) >= 11 is 0. The molecule has 2 fully saturated rings. The molecule has 0 saturated carbocycles. The molecule has 4 rings (SSSR count). The molecule has 4 heteroatoms. The molecule has 24 heavy (non-hydrogen) atoms. The highest BCUT2D eigenvalue weighted by Gasteiger charge is 2.40. The molecule has 0 unspecified atom stereocenters. The van der Waals surface area contributed by atoms with E-state index >= 15 is 0 Å². The summed E-state index contributed by atoms with van der Waals surface area (Å²) in [5, 5.41) is 2.43. The Morgan fingerprint density at radius 1 is 1.21 bits per heavy atom. The highest BCUT2D eigenvalue weighted by atomic mass is 16.5. The van der Waals surface area contributed by atoms with Gasteiger partial charge >= 0.3 is 0 Å². The maximum atomic E-state index is 12.7. The second-order valence-electron chi connectivity index (χ2n) is 6.90. The van der Waals surface area contributed by atoms with Gasteiger partial charge in [0.1, 0.15) is 5.75 Å². The van der Waals surface area contributed by atoms with E-state index in [-0.39, 0.29) is 11.9 Å². The van der Waals surface area contributed by atoms with Gasteiger partial charge in [0.25, 0.3) is 0 Å². The van der Waals surface area contributed by atoms with E-state index < -0.39 is 0 Å². The van der Waals surface area contributed by atoms with Crippen molar-refractivity contribution < 1.29 is 9.53 Å². The van der Waals surface area contributed by atoms with Gasteiger partial charge in [-0.1, -0.05) is 30.3 Å². The van der Waals surface area contributed by atoms with Crippen LogP contribution in [0, 0.1) is 0 Å². The lowest BCUT2D eigenvalue weighted by atomic mass is 10.0. The number of methoxy groups -OCH3 is 1. The Kier molecular flexibility index (Phi) is 3.93. The molecular weight excluding hydrogens is 300 g/mol. The van der Waals surface area contributed by atoms with Crippen molar-refractivity contribution in [3.05, 3.63) is 42.0 Å². The van der Waals surface area contributed by atoms with Gasteiger partial charge in [-0.15, -0.1) is 0 Å². The van der Waals surface area contributed by atoms with Crippen molar-refractivity contribution in [3.8, 4) is 5.75 Å². The second-order valence-corrected chi connectivity index (χ2v) is 6.90. The average molecular weight is 324 g/mol. The van der Waals surface area contributed by atoms with Crippen molar-refractivity contribution in [2.24, 2.45) is 0 Å². The molecule has 2 saturated heterocycles. The van der Waals surface area contributed by atoms with E-state index in [4.69, 9.17) is 4.74 Å². The van der Waals surface area contributed by atoms with Crippen LogP contribution in [0.25, 0.3) is 10.8 Å². The van der Waals surface area contributed by atoms with Crippen LogP contribution in [0.3, 0.4) is 0 Å². The molecule has 2 aromatic rings. The molecule has 1 amide bonds. The summed E-state index contributed by atoms with van der Waals surface area (Å²) in [6, 6.07) is 12.8. The minimum absolute atomic E-state index is 0.0666. The molecule has 0 spiro atoms. The number of ether oxygens (including phenoxy) is 1. The minimum Gasteiger partial charge on any atom is -0.496 e. The number of nitrogens with zero attached hydrogens (tertiary/aromatic N) is 2. The number of fused-ring (bicyclic) bond motifs is 2. The Morgan fingerprint density at radius 2 is 2.04 bits per heavy atom. The lowest BCUT2D eigenvalue weighted by molar-refractivity contribution is -0.143. The largest absolute Gasteiger partial charge is 0.496 e. The van der Waals surface area contributed by atoms with Gasteiger partial charge in [0.05, 0.1) is 13.2 Å². The van der Waals surface area contributed by atoms with Gasteiger partial charge in [-0.25, -0.2) is 0 Å². The summed E-state index contributed by atoms with van der Waals surface area (Å²) in [7, 11) is 1.72. The first-order valence-corrected chi connectivity index (χ1v) is 8.78. The zero-order chi connectivity index (χ0) is 16.7. The number of piperazine rings is 1. The van der Waals surface area contributed by atoms with Gasteiger partial charge in [-0.2, -0.15) is 0 Å². The third-order valence-corrected chi connectivity index (χ3v) is 5.59. The number of hydrogen-bond acceptors (Lipinski definition) is 3. The average Bonchev–Trinajstić information content (AvgIpc) is 3.08. The van der Waals surface area contributed by atoms with Crippen LogP contribution in [0.15, 0.2) is 36.4 Å². The van der Waals surface area contributed by atoms with E-state index in [1.54, 1.807) is 7.11 Å². The topological polar surface area (TPSA) is 32.8 Å². The number of carbonyl (C=O) groups excluding carboxylic acids is 1. The molecule has 2 heterocycles. The Labute approximate surface area is 143 Å². The molecule has 0 aliphatic carbocycles. The zero-order valence-corrected chi connectivity index (χ0v) is 14.4. The summed E-state index contributed by atoms with van der Waals surface area (Å²) in [5.41, 5.74) is 1.18. The molecular formula is C20H24N2O2. The molecule has 0 bridgehead atoms. The molecule has 0 N–H and O–H groups in total. The first-order chi connectivity index (χ1) is 11.7. The van der Waals surface area contributed by atoms with E-state index in [2.05, 4.69) is 40.1 Å². The summed E-state index contributed by atoms with van der Waals surface area (Å²) < 4.78 is 5.62. The van der Waals surface area contributed by atoms with Gasteiger partial charge in [0.2, 0.25) is 5.91 Å². The maximum absolute atomic E-state index is 12.7. The fourth-order valence-electron chi connectivity index (χ4n) is 4.22. The van der Waals surface area contributed by atoms with Gasteiger partial charge in [-0.3, -0.25) is 9.69 Å². The molecule has 2 aliphatic rings. The number of benzene rings is 2. The summed E-state index contributed by atoms with van der Waals surface area (Å²) in [4.78, 5) is 17.1. The highest BCUT2D eigenvalue weighted by Crippen LogP contribution is 2.32. The normalized spacial score (nSPS) is 24.4. The Bertz CT molecular complexity index is 773. The number of carbonyl (C=O) groups is 1. The molecule has 2 aromatic carbocycles. The molecule has 4 nitrogen and oxygen atoms in total. The van der Waals surface area contributed by atoms with Crippen LogP contribution in [-0.2, 0) is 11.3 Å². The Balaban J connectivity index is 1.69. The lowest BCUT2D eigenvalue weighted by Crippen LogP contribution is -2.58. The number of rotatable bonds is 3. The van der Waals surface area contributed by atoms with Gasteiger partial charge < -0.3 is 9.64 Å². The Hall–Kier alpha value is -2.07. The number of amides is 1. The predicted molar refractivity (Wildman–Crippen MR) is 95.1 cm³/mol. The van der Waals surface area contributed by atoms with E-state index in [9.17, 15) is 4.79 Å². The molecule has 0 aromatic heterocycles. The SMILES string of the molecule is COc1ccc2ccccc2c1CN1C[C@@H]2CCCN2C(=O)[C@H]1C. The standard InChI is InChI=1S/C20H24N2O2/c1-14-20(23)22-11-5-7-16(22)12-21(14)13-18-17-8-4-3-6-15(17)9-10-19(18)24-2/h3-4,6,8-10,14,16H,5,7,11-13H2,1-2H3/t14-,16+/m1/s1. The monoisotopic (exact) mass is 324 g/mol. The van der Waals surface area contributed by atoms with Crippen molar-refractivity contribution in [1.29, 1.82) is 0 Å². The van der Waals surface area contributed by atoms with Gasteiger partial charge in [0.15, 0.2) is 0 Å². The van der Waals surface area contributed by atoms with Crippen LogP contribution in [0.2, 0.25) is 0 Å².